The lowest BCUT2D eigenvalue weighted by atomic mass is 9.68. The number of rotatable bonds is 15. The van der Waals surface area contributed by atoms with Crippen molar-refractivity contribution in [3.63, 3.8) is 0 Å². The van der Waals surface area contributed by atoms with Gasteiger partial charge in [0.05, 0.1) is 38.1 Å². The summed E-state index contributed by atoms with van der Waals surface area (Å²) >= 11 is 0. The fourth-order valence-corrected chi connectivity index (χ4v) is 6.81. The average Bonchev–Trinajstić information content (AvgIpc) is 2.93. The van der Waals surface area contributed by atoms with Crippen LogP contribution in [0.3, 0.4) is 0 Å². The van der Waals surface area contributed by atoms with Gasteiger partial charge in [-0.1, -0.05) is 107 Å². The molecule has 2 aromatic rings. The average molecular weight is 757 g/mol. The molecule has 2 rings (SSSR count). The first-order valence-corrected chi connectivity index (χ1v) is 19.0. The molecule has 288 valence electrons. The number of carboxylic acids is 2. The smallest absolute Gasteiger partial charge is 0.327 e. The van der Waals surface area contributed by atoms with E-state index in [4.69, 9.17) is 13.8 Å². The highest BCUT2D eigenvalue weighted by Crippen LogP contribution is 2.52. The number of aliphatic hydroxyl groups excluding tert-OH is 1. The largest absolute Gasteiger partial charge is 0.484 e. The normalized spacial score (nSPS) is 13.9. The Balaban J connectivity index is 3.38. The van der Waals surface area contributed by atoms with Crippen molar-refractivity contribution in [1.29, 1.82) is 0 Å². The highest BCUT2D eigenvalue weighted by Gasteiger charge is 2.48. The third-order valence-electron chi connectivity index (χ3n) is 8.64. The van der Waals surface area contributed by atoms with Crippen molar-refractivity contribution >= 4 is 29.1 Å². The zero-order valence-electron chi connectivity index (χ0n) is 32.0. The fourth-order valence-electron chi connectivity index (χ4n) is 6.07. The van der Waals surface area contributed by atoms with Crippen molar-refractivity contribution in [3.05, 3.63) is 63.2 Å². The van der Waals surface area contributed by atoms with Crippen LogP contribution in [-0.4, -0.2) is 66.7 Å². The summed E-state index contributed by atoms with van der Waals surface area (Å²) in [4.78, 5) is 63.7. The van der Waals surface area contributed by atoms with E-state index in [9.17, 15) is 44.5 Å². The van der Waals surface area contributed by atoms with Crippen LogP contribution in [0.4, 0.5) is 0 Å². The number of carbonyl (C=O) groups is 2. The van der Waals surface area contributed by atoms with Gasteiger partial charge in [0.2, 0.25) is 0 Å². The number of hydrogen-bond acceptors (Lipinski definition) is 10. The van der Waals surface area contributed by atoms with E-state index >= 15 is 0 Å². The summed E-state index contributed by atoms with van der Waals surface area (Å²) in [7, 11) is -5.90. The molecule has 0 aliphatic carbocycles. The Kier molecular flexibility index (Phi) is 14.8. The summed E-state index contributed by atoms with van der Waals surface area (Å²) < 4.78 is 18.1. The fraction of sp³-hybridized carbons (Fsp3) is 0.622. The molecule has 0 aromatic heterocycles. The van der Waals surface area contributed by atoms with Crippen LogP contribution in [0.1, 0.15) is 128 Å². The predicted octanol–water partition coefficient (Wildman–Crippen LogP) is 6.69. The molecule has 2 aromatic carbocycles. The molecule has 7 N–H and O–H groups in total. The van der Waals surface area contributed by atoms with E-state index in [1.807, 2.05) is 83.1 Å². The van der Waals surface area contributed by atoms with E-state index in [1.54, 1.807) is 24.3 Å². The first kappa shape index (κ1) is 44.9. The van der Waals surface area contributed by atoms with E-state index in [0.717, 1.165) is 0 Å². The van der Waals surface area contributed by atoms with E-state index in [0.29, 0.717) is 44.7 Å². The SMILES string of the molecule is CC(C)(C)c1cc(CC(=O)O)cc(C(C)(C)C)c1OC(c1c(C(C)(C)C)cc(CC(=O)O)cc1C(C)(C)C)C(CO)(COP(O)O)COP(O)O. The first-order chi connectivity index (χ1) is 23.0. The highest BCUT2D eigenvalue weighted by molar-refractivity contribution is 7.39. The van der Waals surface area contributed by atoms with Crippen molar-refractivity contribution in [1.82, 2.24) is 0 Å². The van der Waals surface area contributed by atoms with Gasteiger partial charge in [-0.2, -0.15) is 0 Å². The van der Waals surface area contributed by atoms with Gasteiger partial charge >= 0.3 is 29.1 Å². The lowest BCUT2D eigenvalue weighted by Gasteiger charge is -2.44. The molecule has 0 fully saturated rings. The maximum atomic E-state index is 12.0. The van der Waals surface area contributed by atoms with Crippen molar-refractivity contribution in [2.75, 3.05) is 19.8 Å². The van der Waals surface area contributed by atoms with Gasteiger partial charge < -0.3 is 48.7 Å². The number of benzene rings is 2. The molecule has 0 aliphatic heterocycles. The number of carboxylic acid groups (broad SMARTS) is 2. The molecule has 0 radical (unpaired) electrons. The summed E-state index contributed by atoms with van der Waals surface area (Å²) in [6.07, 6.45) is -1.76. The lowest BCUT2D eigenvalue weighted by molar-refractivity contribution is -0.137. The summed E-state index contributed by atoms with van der Waals surface area (Å²) in [6.45, 7) is 21.6. The summed E-state index contributed by atoms with van der Waals surface area (Å²) in [5.74, 6) is -1.63. The van der Waals surface area contributed by atoms with Crippen molar-refractivity contribution < 1.29 is 58.3 Å². The van der Waals surface area contributed by atoms with Gasteiger partial charge in [0, 0.05) is 16.7 Å². The maximum Gasteiger partial charge on any atom is 0.327 e. The van der Waals surface area contributed by atoms with Crippen LogP contribution in [0.2, 0.25) is 0 Å². The Morgan fingerprint density at radius 1 is 0.608 bits per heavy atom. The standard InChI is InChI=1S/C37H58O12P2/c1-33(2,3)24-13-22(17-28(39)40)14-25(34(4,5)6)30(24)32(37(19-38,20-47-50(43)44)21-48-51(45)46)49-31-26(35(7,8)9)15-23(18-29(41)42)16-27(31)36(10,11)12/h13-16,32,38,43-46H,17-21H2,1-12H3,(H,39,40)(H,41,42). The minimum absolute atomic E-state index is 0.237. The van der Waals surface area contributed by atoms with Crippen LogP contribution < -0.4 is 4.74 Å². The van der Waals surface area contributed by atoms with Gasteiger partial charge in [0.1, 0.15) is 11.9 Å². The monoisotopic (exact) mass is 756 g/mol. The highest BCUT2D eigenvalue weighted by atomic mass is 31.2. The zero-order valence-corrected chi connectivity index (χ0v) is 33.8. The molecule has 0 spiro atoms. The molecular weight excluding hydrogens is 698 g/mol. The van der Waals surface area contributed by atoms with Crippen LogP contribution in [0.5, 0.6) is 5.75 Å². The molecule has 1 atom stereocenters. The molecular formula is C37H58O12P2. The molecule has 51 heavy (non-hydrogen) atoms. The second-order valence-electron chi connectivity index (χ2n) is 17.3. The minimum Gasteiger partial charge on any atom is -0.484 e. The Morgan fingerprint density at radius 3 is 1.18 bits per heavy atom. The van der Waals surface area contributed by atoms with Gasteiger partial charge in [0.25, 0.3) is 0 Å². The molecule has 1 unspecified atom stereocenters. The third-order valence-corrected chi connectivity index (χ3v) is 9.36. The van der Waals surface area contributed by atoms with E-state index in [2.05, 4.69) is 0 Å². The lowest BCUT2D eigenvalue weighted by Crippen LogP contribution is -2.46. The minimum atomic E-state index is -2.95. The maximum absolute atomic E-state index is 12.0. The summed E-state index contributed by atoms with van der Waals surface area (Å²) in [5, 5.41) is 30.9. The number of aliphatic carboxylic acids is 2. The Bertz CT molecular complexity index is 1440. The summed E-state index contributed by atoms with van der Waals surface area (Å²) in [6, 6.07) is 7.16. The number of hydrogen-bond donors (Lipinski definition) is 7. The quantitative estimate of drug-likeness (QED) is 0.0951. The summed E-state index contributed by atoms with van der Waals surface area (Å²) in [5.41, 5.74) is 0.0926. The molecule has 0 bridgehead atoms. The molecule has 14 heteroatoms. The van der Waals surface area contributed by atoms with Gasteiger partial charge in [-0.15, -0.1) is 0 Å². The predicted molar refractivity (Wildman–Crippen MR) is 198 cm³/mol. The van der Waals surface area contributed by atoms with Crippen LogP contribution in [0, 0.1) is 5.41 Å². The Morgan fingerprint density at radius 2 is 0.922 bits per heavy atom. The molecule has 0 saturated heterocycles. The molecule has 12 nitrogen and oxygen atoms in total. The molecule has 0 saturated carbocycles. The molecule has 0 heterocycles. The van der Waals surface area contributed by atoms with Crippen molar-refractivity contribution in [2.24, 2.45) is 5.41 Å². The van der Waals surface area contributed by atoms with Crippen molar-refractivity contribution in [2.45, 2.75) is 124 Å². The van der Waals surface area contributed by atoms with Crippen LogP contribution >= 0.6 is 17.2 Å². The van der Waals surface area contributed by atoms with E-state index in [1.165, 1.54) is 0 Å². The third kappa shape index (κ3) is 12.1. The topological polar surface area (TPSA) is 203 Å². The van der Waals surface area contributed by atoms with E-state index < -0.39 is 82.1 Å². The van der Waals surface area contributed by atoms with Crippen molar-refractivity contribution in [3.8, 4) is 5.75 Å². The zero-order chi connectivity index (χ0) is 39.5. The van der Waals surface area contributed by atoms with Gasteiger partial charge in [-0.05, 0) is 43.9 Å². The Labute approximate surface area is 304 Å². The number of aliphatic hydroxyl groups is 1. The Hall–Kier alpha value is -2.24. The van der Waals surface area contributed by atoms with Crippen LogP contribution in [0.25, 0.3) is 0 Å². The van der Waals surface area contributed by atoms with Crippen LogP contribution in [-0.2, 0) is 53.1 Å². The molecule has 0 aliphatic rings. The number of ether oxygens (including phenoxy) is 1. The second kappa shape index (κ2) is 16.8. The van der Waals surface area contributed by atoms with E-state index in [-0.39, 0.29) is 12.8 Å². The van der Waals surface area contributed by atoms with Gasteiger partial charge in [-0.25, -0.2) is 0 Å². The molecule has 0 amide bonds. The van der Waals surface area contributed by atoms with Crippen LogP contribution in [0.15, 0.2) is 24.3 Å². The first-order valence-electron chi connectivity index (χ1n) is 16.7. The second-order valence-corrected chi connectivity index (χ2v) is 18.9. The van der Waals surface area contributed by atoms with Gasteiger partial charge in [-0.3, -0.25) is 9.59 Å². The van der Waals surface area contributed by atoms with Gasteiger partial charge in [0.15, 0.2) is 0 Å².